The molecule has 2 aromatic rings. The van der Waals surface area contributed by atoms with Crippen molar-refractivity contribution in [2.24, 2.45) is 5.10 Å². The highest BCUT2D eigenvalue weighted by Crippen LogP contribution is 2.20. The number of amides is 2. The zero-order valence-corrected chi connectivity index (χ0v) is 12.3. The van der Waals surface area contributed by atoms with Crippen LogP contribution in [0.2, 0.25) is 0 Å². The van der Waals surface area contributed by atoms with Crippen molar-refractivity contribution in [3.63, 3.8) is 0 Å². The lowest BCUT2D eigenvalue weighted by atomic mass is 10.2. The molecule has 0 unspecified atom stereocenters. The molecule has 0 radical (unpaired) electrons. The van der Waals surface area contributed by atoms with E-state index >= 15 is 0 Å². The minimum atomic E-state index is -0.944. The van der Waals surface area contributed by atoms with Crippen LogP contribution in [0.3, 0.4) is 0 Å². The summed E-state index contributed by atoms with van der Waals surface area (Å²) in [6.45, 7) is 1.91. The standard InChI is InChI=1S/C16H15N3O4/c1-10-2-5-12(6-3-10)18-15(22)16(23)19-17-9-11-4-7-13(20)8-14(11)21/h2-9,20-21H,1H3,(H,18,22)(H,19,23)/b17-9-. The van der Waals surface area contributed by atoms with Crippen molar-refractivity contribution in [2.75, 3.05) is 5.32 Å². The smallest absolute Gasteiger partial charge is 0.329 e. The van der Waals surface area contributed by atoms with E-state index in [2.05, 4.69) is 10.4 Å². The van der Waals surface area contributed by atoms with Crippen LogP contribution in [0.4, 0.5) is 5.69 Å². The molecule has 118 valence electrons. The van der Waals surface area contributed by atoms with Gasteiger partial charge in [0.1, 0.15) is 11.5 Å². The van der Waals surface area contributed by atoms with E-state index in [1.165, 1.54) is 12.1 Å². The highest BCUT2D eigenvalue weighted by molar-refractivity contribution is 6.39. The highest BCUT2D eigenvalue weighted by atomic mass is 16.3. The lowest BCUT2D eigenvalue weighted by Gasteiger charge is -2.04. The molecule has 0 saturated carbocycles. The number of carbonyl (C=O) groups is 2. The molecule has 2 amide bonds. The van der Waals surface area contributed by atoms with Crippen LogP contribution in [-0.2, 0) is 9.59 Å². The monoisotopic (exact) mass is 313 g/mol. The fraction of sp³-hybridized carbons (Fsp3) is 0.0625. The zero-order chi connectivity index (χ0) is 16.8. The van der Waals surface area contributed by atoms with Gasteiger partial charge in [-0.25, -0.2) is 5.43 Å². The van der Waals surface area contributed by atoms with Gasteiger partial charge in [-0.05, 0) is 31.2 Å². The first kappa shape index (κ1) is 16.0. The summed E-state index contributed by atoms with van der Waals surface area (Å²) in [5.74, 6) is -2.10. The Hall–Kier alpha value is -3.35. The van der Waals surface area contributed by atoms with Crippen LogP contribution < -0.4 is 10.7 Å². The molecule has 4 N–H and O–H groups in total. The topological polar surface area (TPSA) is 111 Å². The summed E-state index contributed by atoms with van der Waals surface area (Å²) >= 11 is 0. The van der Waals surface area contributed by atoms with Gasteiger partial charge < -0.3 is 15.5 Å². The summed E-state index contributed by atoms with van der Waals surface area (Å²) in [4.78, 5) is 23.3. The van der Waals surface area contributed by atoms with E-state index in [0.717, 1.165) is 17.8 Å². The molecule has 0 spiro atoms. The third-order valence-corrected chi connectivity index (χ3v) is 2.90. The molecule has 0 bridgehead atoms. The molecule has 0 aliphatic heterocycles. The van der Waals surface area contributed by atoms with Crippen molar-refractivity contribution >= 4 is 23.7 Å². The van der Waals surface area contributed by atoms with Gasteiger partial charge in [-0.3, -0.25) is 9.59 Å². The number of hydrogen-bond acceptors (Lipinski definition) is 5. The Labute approximate surface area is 132 Å². The zero-order valence-electron chi connectivity index (χ0n) is 12.3. The molecule has 2 rings (SSSR count). The van der Waals surface area contributed by atoms with Crippen molar-refractivity contribution < 1.29 is 19.8 Å². The fourth-order valence-electron chi connectivity index (χ4n) is 1.68. The second-order valence-corrected chi connectivity index (χ2v) is 4.76. The van der Waals surface area contributed by atoms with Crippen molar-refractivity contribution in [1.82, 2.24) is 5.43 Å². The van der Waals surface area contributed by atoms with Crippen LogP contribution in [0, 0.1) is 6.92 Å². The summed E-state index contributed by atoms with van der Waals surface area (Å²) in [6.07, 6.45) is 1.16. The minimum Gasteiger partial charge on any atom is -0.508 e. The van der Waals surface area contributed by atoms with E-state index in [1.54, 1.807) is 24.3 Å². The number of nitrogens with zero attached hydrogens (tertiary/aromatic N) is 1. The van der Waals surface area contributed by atoms with Gasteiger partial charge in [0.25, 0.3) is 0 Å². The number of phenolic OH excluding ortho intramolecular Hbond substituents is 2. The van der Waals surface area contributed by atoms with Gasteiger partial charge in [0.2, 0.25) is 0 Å². The highest BCUT2D eigenvalue weighted by Gasteiger charge is 2.12. The second-order valence-electron chi connectivity index (χ2n) is 4.76. The van der Waals surface area contributed by atoms with Crippen LogP contribution in [0.25, 0.3) is 0 Å². The number of nitrogens with one attached hydrogen (secondary N) is 2. The first-order valence-electron chi connectivity index (χ1n) is 6.69. The maximum Gasteiger partial charge on any atom is 0.329 e. The Morgan fingerprint density at radius 1 is 1.04 bits per heavy atom. The Balaban J connectivity index is 1.92. The van der Waals surface area contributed by atoms with Crippen LogP contribution in [0.1, 0.15) is 11.1 Å². The SMILES string of the molecule is Cc1ccc(NC(=O)C(=O)N/N=C\c2ccc(O)cc2O)cc1. The number of phenols is 2. The van der Waals surface area contributed by atoms with Crippen molar-refractivity contribution in [2.45, 2.75) is 6.92 Å². The first-order valence-corrected chi connectivity index (χ1v) is 6.69. The summed E-state index contributed by atoms with van der Waals surface area (Å²) in [5, 5.41) is 24.7. The van der Waals surface area contributed by atoms with Gasteiger partial charge in [0, 0.05) is 17.3 Å². The Morgan fingerprint density at radius 3 is 2.39 bits per heavy atom. The summed E-state index contributed by atoms with van der Waals surface area (Å²) in [7, 11) is 0. The molecule has 0 aromatic heterocycles. The predicted molar refractivity (Wildman–Crippen MR) is 85.3 cm³/mol. The average Bonchev–Trinajstić information content (AvgIpc) is 2.51. The molecule has 2 aromatic carbocycles. The third kappa shape index (κ3) is 4.57. The van der Waals surface area contributed by atoms with Crippen LogP contribution >= 0.6 is 0 Å². The number of hydrazone groups is 1. The Bertz CT molecular complexity index is 754. The van der Waals surface area contributed by atoms with Crippen molar-refractivity contribution in [3.05, 3.63) is 53.6 Å². The number of anilines is 1. The molecular formula is C16H15N3O4. The van der Waals surface area contributed by atoms with Crippen LogP contribution in [0.5, 0.6) is 11.5 Å². The van der Waals surface area contributed by atoms with Crippen molar-refractivity contribution in [3.8, 4) is 11.5 Å². The van der Waals surface area contributed by atoms with E-state index in [4.69, 9.17) is 5.11 Å². The minimum absolute atomic E-state index is 0.0961. The number of benzene rings is 2. The number of aromatic hydroxyl groups is 2. The van der Waals surface area contributed by atoms with Gasteiger partial charge in [0.15, 0.2) is 0 Å². The predicted octanol–water partition coefficient (Wildman–Crippen LogP) is 1.50. The van der Waals surface area contributed by atoms with Gasteiger partial charge >= 0.3 is 11.8 Å². The molecule has 0 aliphatic carbocycles. The summed E-state index contributed by atoms with van der Waals surface area (Å²) in [5.41, 5.74) is 3.86. The second kappa shape index (κ2) is 7.08. The van der Waals surface area contributed by atoms with E-state index in [9.17, 15) is 14.7 Å². The molecule has 7 heteroatoms. The molecule has 7 nitrogen and oxygen atoms in total. The third-order valence-electron chi connectivity index (χ3n) is 2.90. The summed E-state index contributed by atoms with van der Waals surface area (Å²) in [6, 6.07) is 10.9. The van der Waals surface area contributed by atoms with Crippen molar-refractivity contribution in [1.29, 1.82) is 0 Å². The van der Waals surface area contributed by atoms with Crippen LogP contribution in [-0.4, -0.2) is 28.2 Å². The largest absolute Gasteiger partial charge is 0.508 e. The van der Waals surface area contributed by atoms with Gasteiger partial charge in [-0.1, -0.05) is 17.7 Å². The normalized spacial score (nSPS) is 10.5. The molecule has 0 saturated heterocycles. The van der Waals surface area contributed by atoms with Gasteiger partial charge in [0.05, 0.1) is 6.21 Å². The number of carbonyl (C=O) groups excluding carboxylic acids is 2. The van der Waals surface area contributed by atoms with Crippen LogP contribution in [0.15, 0.2) is 47.6 Å². The first-order chi connectivity index (χ1) is 11.0. The lowest BCUT2D eigenvalue weighted by Crippen LogP contribution is -2.32. The molecule has 0 atom stereocenters. The Morgan fingerprint density at radius 2 is 1.74 bits per heavy atom. The number of aryl methyl sites for hydroxylation is 1. The Kier molecular flexibility index (Phi) is 4.93. The molecule has 23 heavy (non-hydrogen) atoms. The molecule has 0 fully saturated rings. The van der Waals surface area contributed by atoms with Gasteiger partial charge in [-0.15, -0.1) is 0 Å². The number of hydrogen-bond donors (Lipinski definition) is 4. The van der Waals surface area contributed by atoms with E-state index < -0.39 is 11.8 Å². The maximum atomic E-state index is 11.7. The van der Waals surface area contributed by atoms with E-state index in [1.807, 2.05) is 12.3 Å². The molecular weight excluding hydrogens is 298 g/mol. The fourth-order valence-corrected chi connectivity index (χ4v) is 1.68. The van der Waals surface area contributed by atoms with E-state index in [-0.39, 0.29) is 17.1 Å². The quantitative estimate of drug-likeness (QED) is 0.391. The summed E-state index contributed by atoms with van der Waals surface area (Å²) < 4.78 is 0. The van der Waals surface area contributed by atoms with Gasteiger partial charge in [-0.2, -0.15) is 5.10 Å². The van der Waals surface area contributed by atoms with E-state index in [0.29, 0.717) is 5.69 Å². The molecule has 0 heterocycles. The maximum absolute atomic E-state index is 11.7. The average molecular weight is 313 g/mol. The number of rotatable bonds is 3. The molecule has 0 aliphatic rings. The lowest BCUT2D eigenvalue weighted by molar-refractivity contribution is -0.136.